The highest BCUT2D eigenvalue weighted by atomic mass is 32.2. The van der Waals surface area contributed by atoms with E-state index >= 15 is 0 Å². The van der Waals surface area contributed by atoms with Gasteiger partial charge in [0.1, 0.15) is 17.6 Å². The van der Waals surface area contributed by atoms with Crippen molar-refractivity contribution in [3.8, 4) is 17.0 Å². The Morgan fingerprint density at radius 2 is 1.79 bits per heavy atom. The molecule has 0 fully saturated rings. The summed E-state index contributed by atoms with van der Waals surface area (Å²) in [5, 5.41) is 3.99. The third kappa shape index (κ3) is 7.63. The quantitative estimate of drug-likeness (QED) is 0.150. The monoisotopic (exact) mass is 478 g/mol. The molecule has 6 nitrogen and oxygen atoms in total. The number of esters is 1. The molecule has 1 atom stereocenters. The van der Waals surface area contributed by atoms with Crippen molar-refractivity contribution < 1.29 is 19.1 Å². The summed E-state index contributed by atoms with van der Waals surface area (Å²) < 4.78 is 10.9. The van der Waals surface area contributed by atoms with Gasteiger partial charge >= 0.3 is 5.97 Å². The first-order chi connectivity index (χ1) is 16.6. The van der Waals surface area contributed by atoms with Gasteiger partial charge in [-0.3, -0.25) is 9.78 Å². The van der Waals surface area contributed by atoms with Gasteiger partial charge in [0, 0.05) is 11.8 Å². The minimum Gasteiger partial charge on any atom is -0.490 e. The lowest BCUT2D eigenvalue weighted by atomic mass is 10.1. The van der Waals surface area contributed by atoms with Gasteiger partial charge in [0.2, 0.25) is 0 Å². The molecule has 0 saturated carbocycles. The summed E-state index contributed by atoms with van der Waals surface area (Å²) in [6, 6.07) is 21.7. The Labute approximate surface area is 205 Å². The Morgan fingerprint density at radius 3 is 2.44 bits per heavy atom. The molecule has 7 heteroatoms. The molecule has 0 aliphatic rings. The van der Waals surface area contributed by atoms with E-state index in [1.165, 1.54) is 11.8 Å². The number of benzene rings is 2. The normalized spacial score (nSPS) is 12.1. The molecule has 0 bridgehead atoms. The Kier molecular flexibility index (Phi) is 9.98. The number of thioether (sulfide) groups is 1. The molecule has 178 valence electrons. The molecule has 0 radical (unpaired) electrons. The highest BCUT2D eigenvalue weighted by Crippen LogP contribution is 2.19. The molecular formula is C27H30N2O4S. The van der Waals surface area contributed by atoms with Crippen LogP contribution in [-0.2, 0) is 20.8 Å². The van der Waals surface area contributed by atoms with E-state index in [1.807, 2.05) is 86.8 Å². The van der Waals surface area contributed by atoms with Crippen LogP contribution >= 0.6 is 11.8 Å². The minimum atomic E-state index is -0.201. The van der Waals surface area contributed by atoms with E-state index in [2.05, 4.69) is 10.1 Å². The van der Waals surface area contributed by atoms with Crippen LogP contribution in [0.25, 0.3) is 11.3 Å². The molecule has 1 heterocycles. The average molecular weight is 479 g/mol. The lowest BCUT2D eigenvalue weighted by Crippen LogP contribution is -2.22. The van der Waals surface area contributed by atoms with E-state index < -0.39 is 0 Å². The van der Waals surface area contributed by atoms with E-state index in [1.54, 1.807) is 6.20 Å². The summed E-state index contributed by atoms with van der Waals surface area (Å²) >= 11 is 1.50. The molecule has 0 N–H and O–H groups in total. The first-order valence-corrected chi connectivity index (χ1v) is 12.5. The maximum atomic E-state index is 12.0. The van der Waals surface area contributed by atoms with Crippen molar-refractivity contribution in [2.45, 2.75) is 25.5 Å². The van der Waals surface area contributed by atoms with Crippen LogP contribution in [0.15, 0.2) is 78.1 Å². The van der Waals surface area contributed by atoms with Gasteiger partial charge < -0.3 is 14.3 Å². The van der Waals surface area contributed by atoms with Crippen LogP contribution < -0.4 is 4.74 Å². The first kappa shape index (κ1) is 25.3. The molecule has 0 amide bonds. The van der Waals surface area contributed by atoms with Crippen LogP contribution in [0.4, 0.5) is 0 Å². The van der Waals surface area contributed by atoms with Crippen molar-refractivity contribution in [3.05, 3.63) is 84.1 Å². The molecule has 1 unspecified atom stereocenters. The fourth-order valence-electron chi connectivity index (χ4n) is 3.24. The van der Waals surface area contributed by atoms with E-state index in [0.29, 0.717) is 26.2 Å². The van der Waals surface area contributed by atoms with E-state index in [-0.39, 0.29) is 11.2 Å². The molecule has 34 heavy (non-hydrogen) atoms. The molecule has 0 spiro atoms. The molecule has 2 aromatic carbocycles. The number of ether oxygens (including phenoxy) is 2. The lowest BCUT2D eigenvalue weighted by Gasteiger charge is -2.13. The van der Waals surface area contributed by atoms with Crippen LogP contribution in [0.1, 0.15) is 25.0 Å². The first-order valence-electron chi connectivity index (χ1n) is 11.2. The fourth-order valence-corrected chi connectivity index (χ4v) is 3.86. The smallest absolute Gasteiger partial charge is 0.319 e. The molecule has 0 aliphatic carbocycles. The standard InChI is InChI=1S/C27H30N2O4S/c1-4-31-27(30)26(34-3)19-21-8-14-24(15-9-21)32-17-18-33-29-20(2)22-10-12-23(13-11-22)25-7-5-6-16-28-25/h5-16,26H,4,17-19H2,1-3H3. The van der Waals surface area contributed by atoms with Crippen molar-refractivity contribution >= 4 is 23.4 Å². The van der Waals surface area contributed by atoms with Gasteiger partial charge in [0.15, 0.2) is 6.61 Å². The van der Waals surface area contributed by atoms with E-state index in [0.717, 1.165) is 33.8 Å². The van der Waals surface area contributed by atoms with Crippen LogP contribution in [0.3, 0.4) is 0 Å². The van der Waals surface area contributed by atoms with Gasteiger partial charge in [-0.1, -0.05) is 47.6 Å². The zero-order chi connectivity index (χ0) is 24.2. The molecular weight excluding hydrogens is 448 g/mol. The lowest BCUT2D eigenvalue weighted by molar-refractivity contribution is -0.142. The SMILES string of the molecule is CCOC(=O)C(Cc1ccc(OCCON=C(C)c2ccc(-c3ccccn3)cc2)cc1)SC. The summed E-state index contributed by atoms with van der Waals surface area (Å²) in [6.45, 7) is 4.84. The molecule has 1 aromatic heterocycles. The Morgan fingerprint density at radius 1 is 1.03 bits per heavy atom. The van der Waals surface area contributed by atoms with Crippen LogP contribution in [0, 0.1) is 0 Å². The molecule has 3 aromatic rings. The van der Waals surface area contributed by atoms with Gasteiger partial charge in [-0.05, 0) is 61.9 Å². The average Bonchev–Trinajstić information content (AvgIpc) is 2.88. The predicted octanol–water partition coefficient (Wildman–Crippen LogP) is 5.41. The Bertz CT molecular complexity index is 1050. The van der Waals surface area contributed by atoms with Crippen molar-refractivity contribution in [2.24, 2.45) is 5.16 Å². The van der Waals surface area contributed by atoms with Crippen LogP contribution in [0.5, 0.6) is 5.75 Å². The highest BCUT2D eigenvalue weighted by Gasteiger charge is 2.18. The summed E-state index contributed by atoms with van der Waals surface area (Å²) in [5.41, 5.74) is 4.84. The molecule has 0 aliphatic heterocycles. The number of carbonyl (C=O) groups excluding carboxylic acids is 1. The third-order valence-corrected chi connectivity index (χ3v) is 6.01. The van der Waals surface area contributed by atoms with Crippen LogP contribution in [0.2, 0.25) is 0 Å². The van der Waals surface area contributed by atoms with E-state index in [4.69, 9.17) is 14.3 Å². The number of oxime groups is 1. The maximum absolute atomic E-state index is 12.0. The zero-order valence-electron chi connectivity index (χ0n) is 19.8. The minimum absolute atomic E-state index is 0.174. The second-order valence-electron chi connectivity index (χ2n) is 7.48. The van der Waals surface area contributed by atoms with Crippen molar-refractivity contribution in [3.63, 3.8) is 0 Å². The molecule has 0 saturated heterocycles. The van der Waals surface area contributed by atoms with Gasteiger partial charge in [-0.2, -0.15) is 0 Å². The van der Waals surface area contributed by atoms with Crippen LogP contribution in [-0.4, -0.2) is 48.0 Å². The topological polar surface area (TPSA) is 70.0 Å². The number of rotatable bonds is 12. The van der Waals surface area contributed by atoms with Crippen molar-refractivity contribution in [1.29, 1.82) is 0 Å². The van der Waals surface area contributed by atoms with E-state index in [9.17, 15) is 4.79 Å². The fraction of sp³-hybridized carbons (Fsp3) is 0.296. The third-order valence-electron chi connectivity index (χ3n) is 5.09. The van der Waals surface area contributed by atoms with Crippen molar-refractivity contribution in [1.82, 2.24) is 4.98 Å². The zero-order valence-corrected chi connectivity index (χ0v) is 20.6. The maximum Gasteiger partial charge on any atom is 0.319 e. The number of pyridine rings is 1. The number of nitrogens with zero attached hydrogens (tertiary/aromatic N) is 2. The Balaban J connectivity index is 1.42. The summed E-state index contributed by atoms with van der Waals surface area (Å²) in [4.78, 5) is 21.8. The number of carbonyl (C=O) groups is 1. The predicted molar refractivity (Wildman–Crippen MR) is 137 cm³/mol. The summed E-state index contributed by atoms with van der Waals surface area (Å²) in [6.07, 6.45) is 4.33. The van der Waals surface area contributed by atoms with Gasteiger partial charge in [-0.15, -0.1) is 11.8 Å². The largest absolute Gasteiger partial charge is 0.490 e. The molecule has 3 rings (SSSR count). The van der Waals surface area contributed by atoms with Gasteiger partial charge in [-0.25, -0.2) is 0 Å². The Hall–Kier alpha value is -3.32. The second kappa shape index (κ2) is 13.4. The van der Waals surface area contributed by atoms with Gasteiger partial charge in [0.25, 0.3) is 0 Å². The highest BCUT2D eigenvalue weighted by molar-refractivity contribution is 7.99. The number of hydrogen-bond acceptors (Lipinski definition) is 7. The van der Waals surface area contributed by atoms with Gasteiger partial charge in [0.05, 0.1) is 18.0 Å². The number of aromatic nitrogens is 1. The number of hydrogen-bond donors (Lipinski definition) is 0. The summed E-state index contributed by atoms with van der Waals surface area (Å²) in [5.74, 6) is 0.572. The second-order valence-corrected chi connectivity index (χ2v) is 8.52. The van der Waals surface area contributed by atoms with Crippen molar-refractivity contribution in [2.75, 3.05) is 26.1 Å². The summed E-state index contributed by atoms with van der Waals surface area (Å²) in [7, 11) is 0.